The highest BCUT2D eigenvalue weighted by Gasteiger charge is 2.48. The van der Waals surface area contributed by atoms with Gasteiger partial charge in [-0.05, 0) is 67.1 Å². The van der Waals surface area contributed by atoms with Crippen molar-refractivity contribution >= 4 is 55.7 Å². The van der Waals surface area contributed by atoms with E-state index >= 15 is 0 Å². The Bertz CT molecular complexity index is 1500. The van der Waals surface area contributed by atoms with E-state index < -0.39 is 23.5 Å². The van der Waals surface area contributed by atoms with E-state index in [1.54, 1.807) is 48.5 Å². The smallest absolute Gasteiger partial charge is 0.301 e. The highest BCUT2D eigenvalue weighted by Crippen LogP contribution is 2.44. The predicted octanol–water partition coefficient (Wildman–Crippen LogP) is 6.11. The molecule has 0 saturated carbocycles. The molecule has 1 aliphatic rings. The summed E-state index contributed by atoms with van der Waals surface area (Å²) < 4.78 is 19.7. The number of ether oxygens (including phenoxy) is 1. The number of aliphatic hydroxyl groups excluding tert-OH is 1. The Labute approximate surface area is 208 Å². The zero-order valence-corrected chi connectivity index (χ0v) is 19.9. The monoisotopic (exact) mass is 508 g/mol. The summed E-state index contributed by atoms with van der Waals surface area (Å²) >= 11 is 7.31. The van der Waals surface area contributed by atoms with E-state index in [4.69, 9.17) is 16.3 Å². The first-order chi connectivity index (χ1) is 16.9. The van der Waals surface area contributed by atoms with Gasteiger partial charge < -0.3 is 9.84 Å². The van der Waals surface area contributed by atoms with Crippen LogP contribution in [0.15, 0.2) is 72.3 Å². The second-order valence-electron chi connectivity index (χ2n) is 7.79. The van der Waals surface area contributed by atoms with Gasteiger partial charge in [0.15, 0.2) is 5.13 Å². The molecule has 6 nitrogen and oxygen atoms in total. The highest BCUT2D eigenvalue weighted by atomic mass is 35.5. The number of hydrogen-bond acceptors (Lipinski definition) is 6. The van der Waals surface area contributed by atoms with Gasteiger partial charge in [0.25, 0.3) is 5.78 Å². The van der Waals surface area contributed by atoms with Gasteiger partial charge in [0.2, 0.25) is 0 Å². The molecule has 1 amide bonds. The molecule has 3 aromatic carbocycles. The number of Topliss-reactive ketones (excluding diaryl/α,β-unsaturated/α-hetero) is 1. The van der Waals surface area contributed by atoms with Crippen LogP contribution in [0.1, 0.15) is 24.1 Å². The maximum Gasteiger partial charge on any atom is 0.301 e. The first-order valence-electron chi connectivity index (χ1n) is 10.7. The van der Waals surface area contributed by atoms with Crippen LogP contribution in [0, 0.1) is 5.82 Å². The zero-order chi connectivity index (χ0) is 24.7. The molecule has 0 radical (unpaired) electrons. The molecule has 0 bridgehead atoms. The third-order valence-electron chi connectivity index (χ3n) is 5.59. The average Bonchev–Trinajstić information content (AvgIpc) is 3.37. The lowest BCUT2D eigenvalue weighted by atomic mass is 9.95. The Kier molecular flexibility index (Phi) is 6.00. The molecule has 1 N–H and O–H groups in total. The molecule has 176 valence electrons. The zero-order valence-electron chi connectivity index (χ0n) is 18.4. The number of nitrogens with zero attached hydrogens (tertiary/aromatic N) is 2. The first-order valence-corrected chi connectivity index (χ1v) is 11.9. The van der Waals surface area contributed by atoms with Gasteiger partial charge in [-0.3, -0.25) is 14.5 Å². The molecule has 1 aliphatic heterocycles. The first kappa shape index (κ1) is 23.0. The number of halogens is 2. The second-order valence-corrected chi connectivity index (χ2v) is 9.24. The Hall–Kier alpha value is -3.75. The molecule has 35 heavy (non-hydrogen) atoms. The van der Waals surface area contributed by atoms with Crippen LogP contribution in [0.2, 0.25) is 5.02 Å². The SMILES string of the molecule is CCOc1ccc(/C(O)=C2\C(=O)C(=O)N(c3nc4ccc(F)cc4s3)[C@H]2c2cccc(Cl)c2)cc1. The summed E-state index contributed by atoms with van der Waals surface area (Å²) in [5.74, 6) is -1.85. The Morgan fingerprint density at radius 1 is 1.14 bits per heavy atom. The van der Waals surface area contributed by atoms with Gasteiger partial charge in [0, 0.05) is 10.6 Å². The van der Waals surface area contributed by atoms with Crippen LogP contribution < -0.4 is 9.64 Å². The number of amides is 1. The van der Waals surface area contributed by atoms with Crippen molar-refractivity contribution in [1.29, 1.82) is 0 Å². The van der Waals surface area contributed by atoms with E-state index in [0.29, 0.717) is 38.7 Å². The van der Waals surface area contributed by atoms with Crippen LogP contribution in [0.5, 0.6) is 5.75 Å². The Morgan fingerprint density at radius 2 is 1.91 bits per heavy atom. The number of carbonyl (C=O) groups is 2. The van der Waals surface area contributed by atoms with Crippen molar-refractivity contribution in [1.82, 2.24) is 4.98 Å². The molecule has 0 unspecified atom stereocenters. The van der Waals surface area contributed by atoms with Crippen molar-refractivity contribution in [2.45, 2.75) is 13.0 Å². The van der Waals surface area contributed by atoms with Gasteiger partial charge in [-0.2, -0.15) is 0 Å². The standard InChI is InChI=1S/C26H18ClFN2O4S/c1-2-34-18-9-6-14(7-10-18)23(31)21-22(15-4-3-5-16(27)12-15)30(25(33)24(21)32)26-29-19-11-8-17(28)13-20(19)35-26/h3-13,22,31H,2H2,1H3/b23-21+/t22-/m0/s1. The largest absolute Gasteiger partial charge is 0.507 e. The molecule has 5 rings (SSSR count). The number of hydrogen-bond donors (Lipinski definition) is 1. The summed E-state index contributed by atoms with van der Waals surface area (Å²) in [4.78, 5) is 32.2. The van der Waals surface area contributed by atoms with Crippen molar-refractivity contribution in [3.8, 4) is 5.75 Å². The minimum Gasteiger partial charge on any atom is -0.507 e. The fourth-order valence-corrected chi connectivity index (χ4v) is 5.26. The van der Waals surface area contributed by atoms with Crippen molar-refractivity contribution in [3.63, 3.8) is 0 Å². The van der Waals surface area contributed by atoms with Gasteiger partial charge in [-0.25, -0.2) is 9.37 Å². The third kappa shape index (κ3) is 4.15. The average molecular weight is 509 g/mol. The summed E-state index contributed by atoms with van der Waals surface area (Å²) in [5, 5.41) is 11.8. The topological polar surface area (TPSA) is 79.7 Å². The van der Waals surface area contributed by atoms with Crippen LogP contribution in [-0.2, 0) is 9.59 Å². The van der Waals surface area contributed by atoms with Gasteiger partial charge in [-0.15, -0.1) is 0 Å². The molecule has 4 aromatic rings. The molecule has 0 spiro atoms. The normalized spacial score (nSPS) is 17.3. The molecule has 2 heterocycles. The maximum absolute atomic E-state index is 13.8. The van der Waals surface area contributed by atoms with Crippen LogP contribution >= 0.6 is 22.9 Å². The number of anilines is 1. The Morgan fingerprint density at radius 3 is 2.63 bits per heavy atom. The third-order valence-corrected chi connectivity index (χ3v) is 6.85. The van der Waals surface area contributed by atoms with Crippen LogP contribution in [0.4, 0.5) is 9.52 Å². The van der Waals surface area contributed by atoms with Crippen LogP contribution in [-0.4, -0.2) is 28.4 Å². The summed E-state index contributed by atoms with van der Waals surface area (Å²) in [6.45, 7) is 2.34. The van der Waals surface area contributed by atoms with Gasteiger partial charge in [-0.1, -0.05) is 35.1 Å². The predicted molar refractivity (Wildman–Crippen MR) is 133 cm³/mol. The summed E-state index contributed by atoms with van der Waals surface area (Å²) in [6.07, 6.45) is 0. The summed E-state index contributed by atoms with van der Waals surface area (Å²) in [5.41, 5.74) is 1.27. The molecule has 1 saturated heterocycles. The second kappa shape index (κ2) is 9.13. The number of benzene rings is 3. The van der Waals surface area contributed by atoms with E-state index in [1.165, 1.54) is 23.1 Å². The fraction of sp³-hybridized carbons (Fsp3) is 0.115. The van der Waals surface area contributed by atoms with Crippen molar-refractivity contribution < 1.29 is 23.8 Å². The number of carbonyl (C=O) groups excluding carboxylic acids is 2. The van der Waals surface area contributed by atoms with E-state index in [1.807, 2.05) is 6.92 Å². The lowest BCUT2D eigenvalue weighted by Crippen LogP contribution is -2.29. The molecular weight excluding hydrogens is 491 g/mol. The molecule has 0 aliphatic carbocycles. The summed E-state index contributed by atoms with van der Waals surface area (Å²) in [6, 6.07) is 16.4. The quantitative estimate of drug-likeness (QED) is 0.200. The number of aromatic nitrogens is 1. The van der Waals surface area contributed by atoms with E-state index in [-0.39, 0.29) is 16.5 Å². The molecule has 9 heteroatoms. The number of ketones is 1. The fourth-order valence-electron chi connectivity index (χ4n) is 4.04. The number of thiazole rings is 1. The van der Waals surface area contributed by atoms with Gasteiger partial charge >= 0.3 is 5.91 Å². The lowest BCUT2D eigenvalue weighted by Gasteiger charge is -2.23. The maximum atomic E-state index is 13.8. The van der Waals surface area contributed by atoms with Crippen LogP contribution in [0.3, 0.4) is 0 Å². The van der Waals surface area contributed by atoms with Crippen molar-refractivity contribution in [2.24, 2.45) is 0 Å². The van der Waals surface area contributed by atoms with Gasteiger partial charge in [0.1, 0.15) is 17.3 Å². The van der Waals surface area contributed by atoms with E-state index in [0.717, 1.165) is 11.3 Å². The van der Waals surface area contributed by atoms with E-state index in [9.17, 15) is 19.1 Å². The van der Waals surface area contributed by atoms with E-state index in [2.05, 4.69) is 4.98 Å². The minimum atomic E-state index is -0.981. The minimum absolute atomic E-state index is 0.0909. The molecule has 1 fully saturated rings. The highest BCUT2D eigenvalue weighted by molar-refractivity contribution is 7.22. The lowest BCUT2D eigenvalue weighted by molar-refractivity contribution is -0.132. The molecule has 1 atom stereocenters. The summed E-state index contributed by atoms with van der Waals surface area (Å²) in [7, 11) is 0. The van der Waals surface area contributed by atoms with Crippen molar-refractivity contribution in [3.05, 3.63) is 94.3 Å². The number of fused-ring (bicyclic) bond motifs is 1. The van der Waals surface area contributed by atoms with Gasteiger partial charge in [0.05, 0.1) is 28.4 Å². The Balaban J connectivity index is 1.69. The number of aliphatic hydroxyl groups is 1. The molecular formula is C26H18ClFN2O4S. The molecule has 1 aromatic heterocycles. The number of rotatable bonds is 5. The van der Waals surface area contributed by atoms with Crippen LogP contribution in [0.25, 0.3) is 16.0 Å². The van der Waals surface area contributed by atoms with Crippen molar-refractivity contribution in [2.75, 3.05) is 11.5 Å².